The zero-order valence-electron chi connectivity index (χ0n) is 13.5. The van der Waals surface area contributed by atoms with Crippen molar-refractivity contribution in [3.05, 3.63) is 35.4 Å². The lowest BCUT2D eigenvalue weighted by Gasteiger charge is -2.35. The predicted molar refractivity (Wildman–Crippen MR) is 87.5 cm³/mol. The molecule has 21 heavy (non-hydrogen) atoms. The van der Waals surface area contributed by atoms with E-state index in [-0.39, 0.29) is 11.3 Å². The van der Waals surface area contributed by atoms with E-state index in [1.54, 1.807) is 0 Å². The van der Waals surface area contributed by atoms with Gasteiger partial charge in [-0.15, -0.1) is 0 Å². The first kappa shape index (κ1) is 14.8. The summed E-state index contributed by atoms with van der Waals surface area (Å²) in [5.41, 5.74) is 2.74. The smallest absolute Gasteiger partial charge is 0.146 e. The molecule has 1 aromatic rings. The highest BCUT2D eigenvalue weighted by molar-refractivity contribution is 5.91. The Balaban J connectivity index is 1.91. The number of ketones is 1. The van der Waals surface area contributed by atoms with Gasteiger partial charge in [0.15, 0.2) is 0 Å². The minimum absolute atomic E-state index is 0.0106. The molecule has 0 N–H and O–H groups in total. The van der Waals surface area contributed by atoms with Gasteiger partial charge in [-0.25, -0.2) is 0 Å². The van der Waals surface area contributed by atoms with Crippen LogP contribution in [0.1, 0.15) is 75.8 Å². The molecule has 2 aliphatic carbocycles. The van der Waals surface area contributed by atoms with Crippen LogP contribution in [0.4, 0.5) is 0 Å². The Morgan fingerprint density at radius 2 is 1.90 bits per heavy atom. The normalized spacial score (nSPS) is 24.0. The Labute approximate surface area is 129 Å². The standard InChI is InChI=1S/C20H28O/c1-15(2)14-20(12-5-6-13-20)19(21)18-11-7-9-16-8-3-4-10-17(16)18/h3-4,8,10,15,18H,5-7,9,11-14H2,1-2H3. The number of carbonyl (C=O) groups excluding carboxylic acids is 1. The van der Waals surface area contributed by atoms with E-state index in [4.69, 9.17) is 0 Å². The van der Waals surface area contributed by atoms with Crippen LogP contribution in [0.3, 0.4) is 0 Å². The van der Waals surface area contributed by atoms with Gasteiger partial charge < -0.3 is 0 Å². The first-order valence-electron chi connectivity index (χ1n) is 8.74. The van der Waals surface area contributed by atoms with Crippen LogP contribution in [0.5, 0.6) is 0 Å². The quantitative estimate of drug-likeness (QED) is 0.735. The van der Waals surface area contributed by atoms with Crippen LogP contribution in [-0.4, -0.2) is 5.78 Å². The summed E-state index contributed by atoms with van der Waals surface area (Å²) in [4.78, 5) is 13.4. The highest BCUT2D eigenvalue weighted by Crippen LogP contribution is 2.48. The van der Waals surface area contributed by atoms with Gasteiger partial charge in [0.1, 0.15) is 5.78 Å². The predicted octanol–water partition coefficient (Wildman–Crippen LogP) is 5.28. The summed E-state index contributed by atoms with van der Waals surface area (Å²) in [7, 11) is 0. The first-order chi connectivity index (χ1) is 10.1. The van der Waals surface area contributed by atoms with Crippen molar-refractivity contribution < 1.29 is 4.79 Å². The second-order valence-electron chi connectivity index (χ2n) is 7.59. The van der Waals surface area contributed by atoms with Crippen molar-refractivity contribution >= 4 is 5.78 Å². The molecular formula is C20H28O. The van der Waals surface area contributed by atoms with Crippen LogP contribution >= 0.6 is 0 Å². The van der Waals surface area contributed by atoms with Gasteiger partial charge in [-0.2, -0.15) is 0 Å². The molecule has 1 nitrogen and oxygen atoms in total. The number of benzene rings is 1. The summed E-state index contributed by atoms with van der Waals surface area (Å²) in [6, 6.07) is 8.65. The third-order valence-electron chi connectivity index (χ3n) is 5.57. The molecule has 1 unspecified atom stereocenters. The molecule has 2 aliphatic rings. The number of hydrogen-bond acceptors (Lipinski definition) is 1. The van der Waals surface area contributed by atoms with Crippen molar-refractivity contribution in [3.63, 3.8) is 0 Å². The maximum atomic E-state index is 13.4. The van der Waals surface area contributed by atoms with Gasteiger partial charge in [0.05, 0.1) is 0 Å². The van der Waals surface area contributed by atoms with E-state index in [9.17, 15) is 4.79 Å². The van der Waals surface area contributed by atoms with Gasteiger partial charge in [0, 0.05) is 11.3 Å². The van der Waals surface area contributed by atoms with Gasteiger partial charge in [0.25, 0.3) is 0 Å². The van der Waals surface area contributed by atoms with Crippen LogP contribution in [0.25, 0.3) is 0 Å². The fourth-order valence-corrected chi connectivity index (χ4v) is 4.78. The Hall–Kier alpha value is -1.11. The van der Waals surface area contributed by atoms with Crippen molar-refractivity contribution in [2.45, 2.75) is 71.1 Å². The van der Waals surface area contributed by atoms with E-state index >= 15 is 0 Å². The summed E-state index contributed by atoms with van der Waals surface area (Å²) in [5, 5.41) is 0. The van der Waals surface area contributed by atoms with E-state index in [0.29, 0.717) is 11.7 Å². The molecule has 0 heterocycles. The fraction of sp³-hybridized carbons (Fsp3) is 0.650. The Morgan fingerprint density at radius 3 is 2.62 bits per heavy atom. The van der Waals surface area contributed by atoms with Crippen molar-refractivity contribution in [3.8, 4) is 0 Å². The molecule has 1 heteroatoms. The summed E-state index contributed by atoms with van der Waals surface area (Å²) in [6.45, 7) is 4.53. The van der Waals surface area contributed by atoms with Gasteiger partial charge in [-0.1, -0.05) is 51.0 Å². The van der Waals surface area contributed by atoms with Gasteiger partial charge >= 0.3 is 0 Å². The van der Waals surface area contributed by atoms with Crippen LogP contribution < -0.4 is 0 Å². The lowest BCUT2D eigenvalue weighted by Crippen LogP contribution is -2.35. The molecule has 0 radical (unpaired) electrons. The van der Waals surface area contributed by atoms with Crippen LogP contribution in [-0.2, 0) is 11.2 Å². The van der Waals surface area contributed by atoms with Crippen molar-refractivity contribution in [1.29, 1.82) is 0 Å². The maximum Gasteiger partial charge on any atom is 0.146 e. The SMILES string of the molecule is CC(C)CC1(C(=O)C2CCCc3ccccc32)CCCC1. The molecule has 0 amide bonds. The van der Waals surface area contributed by atoms with Crippen LogP contribution in [0, 0.1) is 11.3 Å². The number of carbonyl (C=O) groups is 1. The molecule has 0 saturated heterocycles. The van der Waals surface area contributed by atoms with E-state index in [1.807, 2.05) is 0 Å². The fourth-order valence-electron chi connectivity index (χ4n) is 4.78. The number of hydrogen-bond donors (Lipinski definition) is 0. The third-order valence-corrected chi connectivity index (χ3v) is 5.57. The van der Waals surface area contributed by atoms with Gasteiger partial charge in [-0.3, -0.25) is 4.79 Å². The number of aryl methyl sites for hydroxylation is 1. The topological polar surface area (TPSA) is 17.1 Å². The summed E-state index contributed by atoms with van der Waals surface area (Å²) < 4.78 is 0. The van der Waals surface area contributed by atoms with Crippen molar-refractivity contribution in [2.75, 3.05) is 0 Å². The van der Waals surface area contributed by atoms with Gasteiger partial charge in [0.2, 0.25) is 0 Å². The lowest BCUT2D eigenvalue weighted by atomic mass is 9.67. The van der Waals surface area contributed by atoms with E-state index in [0.717, 1.165) is 32.1 Å². The second kappa shape index (κ2) is 5.94. The Morgan fingerprint density at radius 1 is 1.19 bits per heavy atom. The summed E-state index contributed by atoms with van der Waals surface area (Å²) in [6.07, 6.45) is 9.22. The zero-order valence-corrected chi connectivity index (χ0v) is 13.5. The highest BCUT2D eigenvalue weighted by Gasteiger charge is 2.45. The van der Waals surface area contributed by atoms with E-state index < -0.39 is 0 Å². The van der Waals surface area contributed by atoms with Crippen LogP contribution in [0.2, 0.25) is 0 Å². The molecule has 3 rings (SSSR count). The number of Topliss-reactive ketones (excluding diaryl/α,β-unsaturated/α-hetero) is 1. The van der Waals surface area contributed by atoms with E-state index in [1.165, 1.54) is 30.4 Å². The first-order valence-corrected chi connectivity index (χ1v) is 8.74. The molecule has 0 bridgehead atoms. The second-order valence-corrected chi connectivity index (χ2v) is 7.59. The highest BCUT2D eigenvalue weighted by atomic mass is 16.1. The van der Waals surface area contributed by atoms with Crippen molar-refractivity contribution in [2.24, 2.45) is 11.3 Å². The largest absolute Gasteiger partial charge is 0.298 e. The molecule has 1 aromatic carbocycles. The van der Waals surface area contributed by atoms with E-state index in [2.05, 4.69) is 38.1 Å². The minimum atomic E-state index is -0.0106. The molecule has 1 fully saturated rings. The lowest BCUT2D eigenvalue weighted by molar-refractivity contribution is -0.131. The molecular weight excluding hydrogens is 256 g/mol. The molecule has 0 spiro atoms. The maximum absolute atomic E-state index is 13.4. The Bertz CT molecular complexity index is 508. The third kappa shape index (κ3) is 2.80. The molecule has 1 saturated carbocycles. The number of rotatable bonds is 4. The monoisotopic (exact) mass is 284 g/mol. The summed E-state index contributed by atoms with van der Waals surface area (Å²) >= 11 is 0. The average molecular weight is 284 g/mol. The Kier molecular flexibility index (Phi) is 4.19. The average Bonchev–Trinajstić information content (AvgIpc) is 2.95. The molecule has 114 valence electrons. The molecule has 0 aliphatic heterocycles. The van der Waals surface area contributed by atoms with Crippen LogP contribution in [0.15, 0.2) is 24.3 Å². The zero-order chi connectivity index (χ0) is 14.9. The minimum Gasteiger partial charge on any atom is -0.298 e. The van der Waals surface area contributed by atoms with Gasteiger partial charge in [-0.05, 0) is 55.6 Å². The molecule has 0 aromatic heterocycles. The van der Waals surface area contributed by atoms with Crippen molar-refractivity contribution in [1.82, 2.24) is 0 Å². The molecule has 1 atom stereocenters. The summed E-state index contributed by atoms with van der Waals surface area (Å²) in [5.74, 6) is 1.36. The number of fused-ring (bicyclic) bond motifs is 1.